The molecule has 4 nitrogen and oxygen atoms in total. The molecule has 176 valence electrons. The van der Waals surface area contributed by atoms with Crippen molar-refractivity contribution in [1.29, 1.82) is 0 Å². The third kappa shape index (κ3) is 7.11. The number of halogens is 3. The monoisotopic (exact) mass is 476 g/mol. The molecule has 0 radical (unpaired) electrons. The predicted octanol–water partition coefficient (Wildman–Crippen LogP) is 5.14. The zero-order valence-electron chi connectivity index (χ0n) is 18.6. The van der Waals surface area contributed by atoms with E-state index in [9.17, 15) is 21.6 Å². The van der Waals surface area contributed by atoms with E-state index >= 15 is 0 Å². The molecule has 0 bridgehead atoms. The number of alkyl halides is 3. The average molecular weight is 477 g/mol. The van der Waals surface area contributed by atoms with Gasteiger partial charge in [0.05, 0.1) is 5.56 Å². The highest BCUT2D eigenvalue weighted by atomic mass is 32.2. The van der Waals surface area contributed by atoms with Crippen molar-refractivity contribution in [3.05, 3.63) is 77.2 Å². The molecule has 1 aliphatic heterocycles. The van der Waals surface area contributed by atoms with Crippen molar-refractivity contribution in [3.8, 4) is 11.8 Å². The first-order chi connectivity index (χ1) is 15.5. The third-order valence-corrected chi connectivity index (χ3v) is 6.96. The number of nitrogens with zero attached hydrogens (tertiary/aromatic N) is 2. The summed E-state index contributed by atoms with van der Waals surface area (Å²) in [6.45, 7) is 5.21. The average Bonchev–Trinajstić information content (AvgIpc) is 2.78. The highest BCUT2D eigenvalue weighted by Crippen LogP contribution is 2.31. The highest BCUT2D eigenvalue weighted by molar-refractivity contribution is 7.92. The van der Waals surface area contributed by atoms with E-state index in [1.165, 1.54) is 21.8 Å². The van der Waals surface area contributed by atoms with Crippen LogP contribution < -0.4 is 4.90 Å². The summed E-state index contributed by atoms with van der Waals surface area (Å²) in [6.07, 6.45) is -2.20. The van der Waals surface area contributed by atoms with Crippen LogP contribution in [0.5, 0.6) is 0 Å². The van der Waals surface area contributed by atoms with Crippen LogP contribution in [0.3, 0.4) is 0 Å². The van der Waals surface area contributed by atoms with E-state index in [4.69, 9.17) is 0 Å². The summed E-state index contributed by atoms with van der Waals surface area (Å²) < 4.78 is 65.2. The van der Waals surface area contributed by atoms with Gasteiger partial charge in [-0.05, 0) is 41.8 Å². The van der Waals surface area contributed by atoms with E-state index < -0.39 is 27.2 Å². The van der Waals surface area contributed by atoms with E-state index in [-0.39, 0.29) is 13.1 Å². The molecular formula is C25H27F3N2O2S. The first-order valence-corrected chi connectivity index (χ1v) is 12.1. The Morgan fingerprint density at radius 3 is 2.12 bits per heavy atom. The molecule has 33 heavy (non-hydrogen) atoms. The number of sulfonamides is 1. The molecule has 0 atom stereocenters. The molecule has 0 saturated carbocycles. The number of anilines is 1. The molecule has 0 aliphatic carbocycles. The van der Waals surface area contributed by atoms with Crippen LogP contribution >= 0.6 is 0 Å². The zero-order valence-corrected chi connectivity index (χ0v) is 19.5. The molecule has 1 saturated heterocycles. The largest absolute Gasteiger partial charge is 0.416 e. The van der Waals surface area contributed by atoms with Crippen molar-refractivity contribution in [3.63, 3.8) is 0 Å². The molecule has 3 rings (SSSR count). The first-order valence-electron chi connectivity index (χ1n) is 10.6. The van der Waals surface area contributed by atoms with E-state index in [1.807, 2.05) is 49.1 Å². The molecule has 0 N–H and O–H groups in total. The topological polar surface area (TPSA) is 40.6 Å². The van der Waals surface area contributed by atoms with Gasteiger partial charge in [-0.3, -0.25) is 0 Å². The minimum Gasteiger partial charge on any atom is -0.369 e. The number of rotatable bonds is 5. The molecule has 1 heterocycles. The molecule has 8 heteroatoms. The molecule has 0 amide bonds. The summed E-state index contributed by atoms with van der Waals surface area (Å²) in [4.78, 5) is 1.89. The van der Waals surface area contributed by atoms with Gasteiger partial charge in [0, 0.05) is 49.3 Å². The van der Waals surface area contributed by atoms with Crippen LogP contribution in [-0.4, -0.2) is 38.9 Å². The first kappa shape index (κ1) is 24.9. The van der Waals surface area contributed by atoms with Crippen molar-refractivity contribution in [2.45, 2.75) is 26.4 Å². The minimum absolute atomic E-state index is 0.266. The molecule has 2 aromatic rings. The summed E-state index contributed by atoms with van der Waals surface area (Å²) in [5.41, 5.74) is 0.440. The van der Waals surface area contributed by atoms with Gasteiger partial charge in [-0.25, -0.2) is 8.42 Å². The minimum atomic E-state index is -4.38. The fourth-order valence-corrected chi connectivity index (χ4v) is 4.76. The van der Waals surface area contributed by atoms with Gasteiger partial charge in [0.2, 0.25) is 10.0 Å². The molecular weight excluding hydrogens is 449 g/mol. The fourth-order valence-electron chi connectivity index (χ4n) is 3.37. The van der Waals surface area contributed by atoms with E-state index in [0.29, 0.717) is 25.2 Å². The van der Waals surface area contributed by atoms with Gasteiger partial charge in [-0.2, -0.15) is 17.5 Å². The number of hydrogen-bond acceptors (Lipinski definition) is 3. The predicted molar refractivity (Wildman–Crippen MR) is 125 cm³/mol. The van der Waals surface area contributed by atoms with Crippen LogP contribution in [0.1, 0.15) is 31.4 Å². The van der Waals surface area contributed by atoms with Gasteiger partial charge >= 0.3 is 6.18 Å². The van der Waals surface area contributed by atoms with Gasteiger partial charge < -0.3 is 4.90 Å². The van der Waals surface area contributed by atoms with Crippen molar-refractivity contribution < 1.29 is 21.6 Å². The Morgan fingerprint density at radius 2 is 1.55 bits per heavy atom. The van der Waals surface area contributed by atoms with Crippen molar-refractivity contribution in [1.82, 2.24) is 4.31 Å². The summed E-state index contributed by atoms with van der Waals surface area (Å²) in [6, 6.07) is 14.5. The summed E-state index contributed by atoms with van der Waals surface area (Å²) in [5, 5.41) is 1.24. The van der Waals surface area contributed by atoms with E-state index in [1.54, 1.807) is 6.08 Å². The molecule has 0 unspecified atom stereocenters. The summed E-state index contributed by atoms with van der Waals surface area (Å²) in [5.74, 6) is 6.19. The Bertz CT molecular complexity index is 1120. The Balaban J connectivity index is 1.57. The number of allylic oxidation sites excluding steroid dienone is 1. The quantitative estimate of drug-likeness (QED) is 0.561. The molecule has 1 aliphatic rings. The van der Waals surface area contributed by atoms with Crippen molar-refractivity contribution >= 4 is 15.7 Å². The maximum absolute atomic E-state index is 12.8. The normalized spacial score (nSPS) is 16.0. The molecule has 1 fully saturated rings. The Kier molecular flexibility index (Phi) is 7.55. The smallest absolute Gasteiger partial charge is 0.369 e. The van der Waals surface area contributed by atoms with Gasteiger partial charge in [0.25, 0.3) is 0 Å². The maximum Gasteiger partial charge on any atom is 0.416 e. The van der Waals surface area contributed by atoms with Crippen LogP contribution in [-0.2, 0) is 16.2 Å². The Morgan fingerprint density at radius 1 is 0.939 bits per heavy atom. The molecule has 0 aromatic heterocycles. The second-order valence-electron chi connectivity index (χ2n) is 8.61. The standard InChI is InChI=1S/C25H27F3N2O2S/c1-24(2,14-6-9-21-7-4-3-5-8-21)15-20-33(31,32)30-18-16-29(17-19-30)23-12-10-22(11-13-23)25(26,27)28/h3-5,7-8,10-13,15,20H,14,16-19H2,1-2H3/b20-15+. The number of piperazine rings is 1. The van der Waals surface area contributed by atoms with Gasteiger partial charge in [-0.1, -0.05) is 50.0 Å². The van der Waals surface area contributed by atoms with Gasteiger partial charge in [0.15, 0.2) is 0 Å². The maximum atomic E-state index is 12.8. The SMILES string of the molecule is CC(C)(/C=C/S(=O)(=O)N1CCN(c2ccc(C(F)(F)F)cc2)CC1)CC#Cc1ccccc1. The summed E-state index contributed by atoms with van der Waals surface area (Å²) >= 11 is 0. The highest BCUT2D eigenvalue weighted by Gasteiger charge is 2.31. The van der Waals surface area contributed by atoms with Crippen molar-refractivity contribution in [2.24, 2.45) is 5.41 Å². The lowest BCUT2D eigenvalue weighted by Gasteiger charge is -2.35. The number of hydrogen-bond donors (Lipinski definition) is 0. The summed E-state index contributed by atoms with van der Waals surface area (Å²) in [7, 11) is -3.60. The van der Waals surface area contributed by atoms with Crippen molar-refractivity contribution in [2.75, 3.05) is 31.1 Å². The van der Waals surface area contributed by atoms with Crippen LogP contribution in [0.4, 0.5) is 18.9 Å². The van der Waals surface area contributed by atoms with Crippen LogP contribution in [0.25, 0.3) is 0 Å². The van der Waals surface area contributed by atoms with Crippen LogP contribution in [0.15, 0.2) is 66.1 Å². The zero-order chi connectivity index (χ0) is 24.1. The lowest BCUT2D eigenvalue weighted by Crippen LogP contribution is -2.48. The molecule has 0 spiro atoms. The van der Waals surface area contributed by atoms with Gasteiger partial charge in [0.1, 0.15) is 0 Å². The second kappa shape index (κ2) is 10.0. The molecule has 2 aromatic carbocycles. The third-order valence-electron chi connectivity index (χ3n) is 5.40. The van der Waals surface area contributed by atoms with Crippen LogP contribution in [0, 0.1) is 17.3 Å². The lowest BCUT2D eigenvalue weighted by molar-refractivity contribution is -0.137. The fraction of sp³-hybridized carbons (Fsp3) is 0.360. The van der Waals surface area contributed by atoms with Gasteiger partial charge in [-0.15, -0.1) is 0 Å². The number of benzene rings is 2. The van der Waals surface area contributed by atoms with E-state index in [2.05, 4.69) is 11.8 Å². The van der Waals surface area contributed by atoms with Crippen LogP contribution in [0.2, 0.25) is 0 Å². The lowest BCUT2D eigenvalue weighted by atomic mass is 9.90. The van der Waals surface area contributed by atoms with E-state index in [0.717, 1.165) is 17.7 Å². The Labute approximate surface area is 193 Å². The second-order valence-corrected chi connectivity index (χ2v) is 10.4. The Hall–Kier alpha value is -2.76.